The molecule has 1 atom stereocenters. The summed E-state index contributed by atoms with van der Waals surface area (Å²) in [5.74, 6) is 0.634. The summed E-state index contributed by atoms with van der Waals surface area (Å²) in [6, 6.07) is 7.09. The van der Waals surface area contributed by atoms with Crippen LogP contribution in [0.1, 0.15) is 19.4 Å². The van der Waals surface area contributed by atoms with Crippen LogP contribution in [0.4, 0.5) is 4.79 Å². The number of hydrogen-bond donors (Lipinski definition) is 0. The van der Waals surface area contributed by atoms with Crippen molar-refractivity contribution in [1.29, 1.82) is 0 Å². The number of benzene rings is 1. The van der Waals surface area contributed by atoms with Crippen molar-refractivity contribution in [2.45, 2.75) is 26.3 Å². The molecule has 2 rings (SSSR count). The Hall–Kier alpha value is -2.04. The van der Waals surface area contributed by atoms with Gasteiger partial charge in [0.1, 0.15) is 12.4 Å². The number of ether oxygens (including phenoxy) is 2. The lowest BCUT2D eigenvalue weighted by Crippen LogP contribution is -2.42. The van der Waals surface area contributed by atoms with E-state index in [-0.39, 0.29) is 30.9 Å². The number of imide groups is 1. The molecule has 2 amide bonds. The Bertz CT molecular complexity index is 512. The summed E-state index contributed by atoms with van der Waals surface area (Å²) in [5, 5.41) is 0. The van der Waals surface area contributed by atoms with Crippen molar-refractivity contribution < 1.29 is 19.1 Å². The summed E-state index contributed by atoms with van der Waals surface area (Å²) < 4.78 is 10.1. The highest BCUT2D eigenvalue weighted by molar-refractivity contribution is 5.94. The molecule has 0 aromatic heterocycles. The van der Waals surface area contributed by atoms with E-state index in [0.29, 0.717) is 5.75 Å². The summed E-state index contributed by atoms with van der Waals surface area (Å²) >= 11 is 0. The molecule has 0 bridgehead atoms. The van der Waals surface area contributed by atoms with Gasteiger partial charge in [-0.05, 0) is 23.6 Å². The van der Waals surface area contributed by atoms with Crippen molar-refractivity contribution in [2.75, 3.05) is 13.7 Å². The van der Waals surface area contributed by atoms with Crippen LogP contribution in [-0.2, 0) is 16.0 Å². The molecule has 1 aromatic carbocycles. The molecule has 0 saturated carbocycles. The van der Waals surface area contributed by atoms with Gasteiger partial charge < -0.3 is 9.47 Å². The first-order chi connectivity index (χ1) is 9.52. The van der Waals surface area contributed by atoms with Crippen molar-refractivity contribution in [3.05, 3.63) is 29.8 Å². The molecule has 1 saturated heterocycles. The fourth-order valence-electron chi connectivity index (χ4n) is 2.26. The lowest BCUT2D eigenvalue weighted by atomic mass is 10.0. The highest BCUT2D eigenvalue weighted by atomic mass is 16.6. The Kier molecular flexibility index (Phi) is 4.27. The molecular weight excluding hydrogens is 258 g/mol. The van der Waals surface area contributed by atoms with E-state index in [1.807, 2.05) is 32.0 Å². The van der Waals surface area contributed by atoms with Gasteiger partial charge in [-0.25, -0.2) is 9.69 Å². The molecular formula is C15H19NO4. The van der Waals surface area contributed by atoms with Crippen LogP contribution in [0, 0.1) is 5.92 Å². The summed E-state index contributed by atoms with van der Waals surface area (Å²) in [6.45, 7) is 4.22. The van der Waals surface area contributed by atoms with Gasteiger partial charge in [-0.15, -0.1) is 0 Å². The van der Waals surface area contributed by atoms with Crippen LogP contribution in [0.15, 0.2) is 24.3 Å². The topological polar surface area (TPSA) is 55.8 Å². The predicted octanol–water partition coefficient (Wildman–Crippen LogP) is 2.24. The average Bonchev–Trinajstić information content (AvgIpc) is 2.81. The number of amides is 2. The lowest BCUT2D eigenvalue weighted by Gasteiger charge is -2.22. The van der Waals surface area contributed by atoms with Crippen LogP contribution in [0.5, 0.6) is 5.75 Å². The monoisotopic (exact) mass is 277 g/mol. The van der Waals surface area contributed by atoms with Gasteiger partial charge >= 0.3 is 6.09 Å². The normalized spacial score (nSPS) is 18.3. The number of rotatable bonds is 4. The van der Waals surface area contributed by atoms with Gasteiger partial charge in [-0.1, -0.05) is 26.0 Å². The molecule has 0 spiro atoms. The van der Waals surface area contributed by atoms with E-state index < -0.39 is 6.09 Å². The minimum atomic E-state index is -0.545. The zero-order chi connectivity index (χ0) is 14.7. The van der Waals surface area contributed by atoms with Crippen LogP contribution in [0.3, 0.4) is 0 Å². The molecule has 1 aliphatic heterocycles. The molecule has 0 aliphatic carbocycles. The Balaban J connectivity index is 2.12. The van der Waals surface area contributed by atoms with E-state index in [2.05, 4.69) is 0 Å². The molecule has 1 aliphatic rings. The first-order valence-electron chi connectivity index (χ1n) is 6.64. The maximum absolute atomic E-state index is 12.3. The van der Waals surface area contributed by atoms with Crippen LogP contribution in [0.2, 0.25) is 0 Å². The van der Waals surface area contributed by atoms with E-state index in [1.165, 1.54) is 4.90 Å². The van der Waals surface area contributed by atoms with E-state index in [9.17, 15) is 9.59 Å². The van der Waals surface area contributed by atoms with Crippen LogP contribution in [0.25, 0.3) is 0 Å². The molecule has 0 unspecified atom stereocenters. The first-order valence-corrected chi connectivity index (χ1v) is 6.64. The number of methoxy groups -OCH3 is 1. The number of carbonyl (C=O) groups is 2. The van der Waals surface area contributed by atoms with Crippen LogP contribution in [-0.4, -0.2) is 36.7 Å². The van der Waals surface area contributed by atoms with Crippen LogP contribution < -0.4 is 4.74 Å². The first kappa shape index (κ1) is 14.4. The Morgan fingerprint density at radius 3 is 2.90 bits per heavy atom. The van der Waals surface area contributed by atoms with E-state index in [1.54, 1.807) is 13.2 Å². The minimum absolute atomic E-state index is 0.162. The standard InChI is InChI=1S/C15H19NO4/c1-10(2)13-9-20-15(18)16(13)14(17)8-11-5-4-6-12(7-11)19-3/h4-7,10,13H,8-9H2,1-3H3/t13-/m0/s1. The predicted molar refractivity (Wildman–Crippen MR) is 73.5 cm³/mol. The molecule has 0 N–H and O–H groups in total. The van der Waals surface area contributed by atoms with Gasteiger partial charge in [0, 0.05) is 0 Å². The molecule has 1 aromatic rings. The fourth-order valence-corrected chi connectivity index (χ4v) is 2.26. The maximum atomic E-state index is 12.3. The summed E-state index contributed by atoms with van der Waals surface area (Å²) in [7, 11) is 1.58. The van der Waals surface area contributed by atoms with Gasteiger partial charge in [0.2, 0.25) is 5.91 Å². The van der Waals surface area contributed by atoms with Gasteiger partial charge in [-0.3, -0.25) is 4.79 Å². The molecule has 20 heavy (non-hydrogen) atoms. The largest absolute Gasteiger partial charge is 0.497 e. The number of cyclic esters (lactones) is 1. The summed E-state index contributed by atoms with van der Waals surface area (Å²) in [6.07, 6.45) is -0.383. The average molecular weight is 277 g/mol. The molecule has 1 heterocycles. The van der Waals surface area contributed by atoms with Crippen molar-refractivity contribution in [1.82, 2.24) is 4.90 Å². The third-order valence-electron chi connectivity index (χ3n) is 3.43. The molecule has 1 fully saturated rings. The van der Waals surface area contributed by atoms with Gasteiger partial charge in [0.05, 0.1) is 19.6 Å². The van der Waals surface area contributed by atoms with Crippen molar-refractivity contribution in [2.24, 2.45) is 5.92 Å². The van der Waals surface area contributed by atoms with Gasteiger partial charge in [0.25, 0.3) is 0 Å². The quantitative estimate of drug-likeness (QED) is 0.847. The Labute approximate surface area is 118 Å². The lowest BCUT2D eigenvalue weighted by molar-refractivity contribution is -0.129. The highest BCUT2D eigenvalue weighted by Gasteiger charge is 2.39. The number of carbonyl (C=O) groups excluding carboxylic acids is 2. The Morgan fingerprint density at radius 2 is 2.25 bits per heavy atom. The van der Waals surface area contributed by atoms with Crippen molar-refractivity contribution in [3.63, 3.8) is 0 Å². The van der Waals surface area contributed by atoms with Crippen molar-refractivity contribution in [3.8, 4) is 5.75 Å². The number of hydrogen-bond acceptors (Lipinski definition) is 4. The van der Waals surface area contributed by atoms with Gasteiger partial charge in [0.15, 0.2) is 0 Å². The summed E-state index contributed by atoms with van der Waals surface area (Å²) in [4.78, 5) is 25.3. The van der Waals surface area contributed by atoms with E-state index >= 15 is 0 Å². The maximum Gasteiger partial charge on any atom is 0.416 e. The Morgan fingerprint density at radius 1 is 1.50 bits per heavy atom. The highest BCUT2D eigenvalue weighted by Crippen LogP contribution is 2.21. The second-order valence-electron chi connectivity index (χ2n) is 5.18. The molecule has 5 nitrogen and oxygen atoms in total. The zero-order valence-corrected chi connectivity index (χ0v) is 12.0. The zero-order valence-electron chi connectivity index (χ0n) is 12.0. The third kappa shape index (κ3) is 2.92. The van der Waals surface area contributed by atoms with Gasteiger partial charge in [-0.2, -0.15) is 0 Å². The number of nitrogens with zero attached hydrogens (tertiary/aromatic N) is 1. The molecule has 0 radical (unpaired) electrons. The smallest absolute Gasteiger partial charge is 0.416 e. The third-order valence-corrected chi connectivity index (χ3v) is 3.43. The SMILES string of the molecule is COc1cccc(CC(=O)N2C(=O)OC[C@H]2C(C)C)c1. The van der Waals surface area contributed by atoms with Crippen LogP contribution >= 0.6 is 0 Å². The molecule has 5 heteroatoms. The van der Waals surface area contributed by atoms with Crippen molar-refractivity contribution >= 4 is 12.0 Å². The second kappa shape index (κ2) is 5.94. The van der Waals surface area contributed by atoms with E-state index in [0.717, 1.165) is 5.56 Å². The second-order valence-corrected chi connectivity index (χ2v) is 5.18. The molecule has 108 valence electrons. The van der Waals surface area contributed by atoms with E-state index in [4.69, 9.17) is 9.47 Å². The fraction of sp³-hybridized carbons (Fsp3) is 0.467. The summed E-state index contributed by atoms with van der Waals surface area (Å²) in [5.41, 5.74) is 0.816. The minimum Gasteiger partial charge on any atom is -0.497 e.